The maximum absolute atomic E-state index is 14.2. The van der Waals surface area contributed by atoms with Crippen LogP contribution in [0.2, 0.25) is 0 Å². The minimum absolute atomic E-state index is 0.0987. The number of Topliss-reactive ketones (excluding diaryl/α,β-unsaturated/α-hetero) is 1. The summed E-state index contributed by atoms with van der Waals surface area (Å²) in [6, 6.07) is 8.28. The Hall–Kier alpha value is -3.38. The van der Waals surface area contributed by atoms with Crippen LogP contribution in [-0.2, 0) is 33.4 Å². The number of aliphatic hydroxyl groups is 3. The molecule has 11 nitrogen and oxygen atoms in total. The molecule has 0 radical (unpaired) electrons. The SMILES string of the molecule is CC(=O)O[C@H]1C[C@H]2[C@H](OC(C)=O)/C=C3/C[C@](C)(C(=O)[C@@H](O)C(=C1C)C2(C)C)[C@H](O)C[C@@H]3OC(=O)[C@H](O)[C@H](c1ccccc1)N(C)C. The maximum atomic E-state index is 14.2. The summed E-state index contributed by atoms with van der Waals surface area (Å²) in [6.45, 7) is 9.47. The number of carbonyl (C=O) groups is 4. The van der Waals surface area contributed by atoms with Gasteiger partial charge in [0.1, 0.15) is 24.4 Å². The van der Waals surface area contributed by atoms with E-state index in [0.29, 0.717) is 22.3 Å². The van der Waals surface area contributed by atoms with Gasteiger partial charge in [0.25, 0.3) is 0 Å². The van der Waals surface area contributed by atoms with Crippen LogP contribution in [0.4, 0.5) is 0 Å². The van der Waals surface area contributed by atoms with Crippen LogP contribution in [0.15, 0.2) is 53.1 Å². The third kappa shape index (κ3) is 6.69. The summed E-state index contributed by atoms with van der Waals surface area (Å²) in [7, 11) is 3.46. The molecule has 3 aliphatic rings. The second-order valence-electron chi connectivity index (χ2n) is 13.9. The van der Waals surface area contributed by atoms with Crippen molar-refractivity contribution in [3.63, 3.8) is 0 Å². The van der Waals surface area contributed by atoms with E-state index in [1.807, 2.05) is 19.9 Å². The Labute approximate surface area is 270 Å². The standard InChI is InChI=1S/C35H47NO10/c1-18-24(44-19(2)37)15-23-26(45-20(3)38)14-22-17-35(6,32(42)30(40)28(18)34(23,4)5)27(39)16-25(22)46-33(43)31(41)29(36(7)8)21-12-10-9-11-13-21/h9-14,23-27,29-31,39-41H,15-17H2,1-8H3/b22-14-/t23-,24-,25-,26+,27+,29-,30-,31+,35-/m0/s1. The molecule has 3 aliphatic carbocycles. The van der Waals surface area contributed by atoms with Crippen LogP contribution in [0.1, 0.15) is 72.4 Å². The first-order valence-corrected chi connectivity index (χ1v) is 15.7. The van der Waals surface area contributed by atoms with E-state index in [0.717, 1.165) is 0 Å². The first-order chi connectivity index (χ1) is 21.4. The molecule has 0 amide bonds. The largest absolute Gasteiger partial charge is 0.458 e. The van der Waals surface area contributed by atoms with Gasteiger partial charge in [0.2, 0.25) is 0 Å². The fourth-order valence-electron chi connectivity index (χ4n) is 7.67. The molecular formula is C35H47NO10. The first kappa shape index (κ1) is 35.5. The average molecular weight is 642 g/mol. The van der Waals surface area contributed by atoms with E-state index in [2.05, 4.69) is 0 Å². The molecule has 1 aromatic carbocycles. The Morgan fingerprint density at radius 1 is 0.935 bits per heavy atom. The Morgan fingerprint density at radius 2 is 1.54 bits per heavy atom. The Morgan fingerprint density at radius 3 is 2.11 bits per heavy atom. The second kappa shape index (κ2) is 13.4. The number of hydrogen-bond donors (Lipinski definition) is 3. The van der Waals surface area contributed by atoms with Gasteiger partial charge in [-0.2, -0.15) is 0 Å². The molecule has 252 valence electrons. The van der Waals surface area contributed by atoms with E-state index in [9.17, 15) is 34.5 Å². The van der Waals surface area contributed by atoms with Gasteiger partial charge in [-0.15, -0.1) is 0 Å². The van der Waals surface area contributed by atoms with Gasteiger partial charge in [-0.25, -0.2) is 4.79 Å². The number of ether oxygens (including phenoxy) is 3. The van der Waals surface area contributed by atoms with Crippen molar-refractivity contribution in [2.24, 2.45) is 16.7 Å². The van der Waals surface area contributed by atoms with Gasteiger partial charge in [0.05, 0.1) is 17.6 Å². The number of benzene rings is 1. The molecule has 0 aliphatic heterocycles. The maximum Gasteiger partial charge on any atom is 0.337 e. The highest BCUT2D eigenvalue weighted by atomic mass is 16.6. The number of esters is 3. The highest BCUT2D eigenvalue weighted by molar-refractivity contribution is 5.92. The number of likely N-dealkylation sites (N-methyl/N-ethyl adjacent to an activating group) is 1. The topological polar surface area (TPSA) is 160 Å². The lowest BCUT2D eigenvalue weighted by Crippen LogP contribution is -2.56. The summed E-state index contributed by atoms with van der Waals surface area (Å²) in [4.78, 5) is 54.0. The molecule has 46 heavy (non-hydrogen) atoms. The van der Waals surface area contributed by atoms with Crippen molar-refractivity contribution in [1.29, 1.82) is 0 Å². The molecule has 4 bridgehead atoms. The highest BCUT2D eigenvalue weighted by Crippen LogP contribution is 2.53. The van der Waals surface area contributed by atoms with Gasteiger partial charge in [-0.3, -0.25) is 19.3 Å². The van der Waals surface area contributed by atoms with Gasteiger partial charge in [-0.05, 0) is 74.6 Å². The predicted molar refractivity (Wildman–Crippen MR) is 167 cm³/mol. The summed E-state index contributed by atoms with van der Waals surface area (Å²) in [6.07, 6.45) is -5.77. The Kier molecular flexibility index (Phi) is 10.3. The van der Waals surface area contributed by atoms with Crippen molar-refractivity contribution in [3.05, 3.63) is 58.7 Å². The van der Waals surface area contributed by atoms with E-state index >= 15 is 0 Å². The minimum atomic E-state index is -1.65. The molecule has 1 saturated carbocycles. The average Bonchev–Trinajstić information content (AvgIpc) is 2.95. The molecule has 11 heteroatoms. The second-order valence-corrected chi connectivity index (χ2v) is 13.9. The Balaban J connectivity index is 1.82. The number of aliphatic hydroxyl groups excluding tert-OH is 3. The molecule has 1 aromatic rings. The van der Waals surface area contributed by atoms with Gasteiger partial charge < -0.3 is 29.5 Å². The van der Waals surface area contributed by atoms with Crippen molar-refractivity contribution in [3.8, 4) is 0 Å². The number of rotatable bonds is 7. The quantitative estimate of drug-likeness (QED) is 0.228. The molecular weight excluding hydrogens is 594 g/mol. The summed E-state index contributed by atoms with van der Waals surface area (Å²) in [5.74, 6) is -3.24. The Bertz CT molecular complexity index is 1420. The molecule has 3 N–H and O–H groups in total. The van der Waals surface area contributed by atoms with Crippen molar-refractivity contribution in [2.75, 3.05) is 14.1 Å². The minimum Gasteiger partial charge on any atom is -0.458 e. The zero-order valence-corrected chi connectivity index (χ0v) is 27.9. The van der Waals surface area contributed by atoms with Gasteiger partial charge in [-0.1, -0.05) is 44.2 Å². The molecule has 0 aromatic heterocycles. The lowest BCUT2D eigenvalue weighted by atomic mass is 9.57. The van der Waals surface area contributed by atoms with E-state index in [-0.39, 0.29) is 19.3 Å². The van der Waals surface area contributed by atoms with Crippen LogP contribution in [0, 0.1) is 16.7 Å². The smallest absolute Gasteiger partial charge is 0.337 e. The van der Waals surface area contributed by atoms with Gasteiger partial charge in [0.15, 0.2) is 11.9 Å². The van der Waals surface area contributed by atoms with E-state index < -0.39 is 83.1 Å². The third-order valence-electron chi connectivity index (χ3n) is 10.1. The van der Waals surface area contributed by atoms with E-state index in [1.165, 1.54) is 13.8 Å². The molecule has 0 spiro atoms. The van der Waals surface area contributed by atoms with Crippen molar-refractivity contribution >= 4 is 23.7 Å². The fourth-order valence-corrected chi connectivity index (χ4v) is 7.67. The zero-order chi connectivity index (χ0) is 34.3. The molecule has 9 atom stereocenters. The van der Waals surface area contributed by atoms with Crippen LogP contribution in [-0.4, -0.2) is 94.6 Å². The molecule has 0 heterocycles. The van der Waals surface area contributed by atoms with Gasteiger partial charge in [0, 0.05) is 26.2 Å². The number of carbonyl (C=O) groups excluding carboxylic acids is 4. The van der Waals surface area contributed by atoms with Crippen LogP contribution >= 0.6 is 0 Å². The highest BCUT2D eigenvalue weighted by Gasteiger charge is 2.56. The van der Waals surface area contributed by atoms with Crippen molar-refractivity contribution in [2.45, 2.75) is 103 Å². The van der Waals surface area contributed by atoms with Crippen LogP contribution in [0.3, 0.4) is 0 Å². The molecule has 0 saturated heterocycles. The summed E-state index contributed by atoms with van der Waals surface area (Å²) < 4.78 is 17.4. The summed E-state index contributed by atoms with van der Waals surface area (Å²) in [5, 5.41) is 34.4. The zero-order valence-electron chi connectivity index (χ0n) is 27.9. The van der Waals surface area contributed by atoms with E-state index in [1.54, 1.807) is 63.2 Å². The number of fused-ring (bicyclic) bond motifs is 4. The lowest BCUT2D eigenvalue weighted by Gasteiger charge is -2.51. The van der Waals surface area contributed by atoms with Crippen LogP contribution < -0.4 is 0 Å². The monoisotopic (exact) mass is 641 g/mol. The van der Waals surface area contributed by atoms with Gasteiger partial charge >= 0.3 is 17.9 Å². The summed E-state index contributed by atoms with van der Waals surface area (Å²) in [5.41, 5.74) is -0.440. The number of ketones is 1. The van der Waals surface area contributed by atoms with Crippen LogP contribution in [0.25, 0.3) is 0 Å². The molecule has 4 rings (SSSR count). The van der Waals surface area contributed by atoms with Crippen molar-refractivity contribution < 1.29 is 48.7 Å². The lowest BCUT2D eigenvalue weighted by molar-refractivity contribution is -0.167. The van der Waals surface area contributed by atoms with Crippen LogP contribution in [0.5, 0.6) is 0 Å². The summed E-state index contributed by atoms with van der Waals surface area (Å²) >= 11 is 0. The van der Waals surface area contributed by atoms with E-state index in [4.69, 9.17) is 14.2 Å². The predicted octanol–water partition coefficient (Wildman–Crippen LogP) is 2.82. The number of hydrogen-bond acceptors (Lipinski definition) is 11. The first-order valence-electron chi connectivity index (χ1n) is 15.7. The number of nitrogens with zero attached hydrogens (tertiary/aromatic N) is 1. The fraction of sp³-hybridized carbons (Fsp3) is 0.600. The third-order valence-corrected chi connectivity index (χ3v) is 10.1. The molecule has 0 unspecified atom stereocenters. The normalized spacial score (nSPS) is 33.3. The van der Waals surface area contributed by atoms with Crippen molar-refractivity contribution in [1.82, 2.24) is 4.90 Å². The molecule has 1 fully saturated rings.